The predicted octanol–water partition coefficient (Wildman–Crippen LogP) is 2.53. The molecular weight excluding hydrogens is 212 g/mol. The lowest BCUT2D eigenvalue weighted by Crippen LogP contribution is -2.36. The van der Waals surface area contributed by atoms with Crippen LogP contribution in [0.3, 0.4) is 0 Å². The summed E-state index contributed by atoms with van der Waals surface area (Å²) in [5.41, 5.74) is 6.81. The minimum Gasteiger partial charge on any atom is -0.396 e. The molecule has 0 amide bonds. The van der Waals surface area contributed by atoms with Gasteiger partial charge in [-0.3, -0.25) is 0 Å². The van der Waals surface area contributed by atoms with Crippen LogP contribution >= 0.6 is 0 Å². The number of rotatable bonds is 4. The topological polar surface area (TPSA) is 74.7 Å². The molecule has 0 radical (unpaired) electrons. The molecule has 0 unspecified atom stereocenters. The molecule has 1 aliphatic carbocycles. The summed E-state index contributed by atoms with van der Waals surface area (Å²) in [5, 5.41) is 12.2. The van der Waals surface area contributed by atoms with Gasteiger partial charge in [0.1, 0.15) is 11.9 Å². The van der Waals surface area contributed by atoms with E-state index in [0.717, 1.165) is 12.4 Å². The van der Waals surface area contributed by atoms with E-state index in [1.54, 1.807) is 6.07 Å². The Morgan fingerprint density at radius 3 is 2.82 bits per heavy atom. The van der Waals surface area contributed by atoms with Crippen LogP contribution < -0.4 is 11.1 Å². The molecule has 4 heteroatoms. The second kappa shape index (κ2) is 4.62. The molecule has 0 atom stereocenters. The molecule has 0 aliphatic heterocycles. The van der Waals surface area contributed by atoms with E-state index >= 15 is 0 Å². The average molecular weight is 230 g/mol. The maximum Gasteiger partial charge on any atom is 0.165 e. The van der Waals surface area contributed by atoms with Crippen molar-refractivity contribution in [1.29, 1.82) is 5.26 Å². The molecule has 3 N–H and O–H groups in total. The Morgan fingerprint density at radius 2 is 2.29 bits per heavy atom. The van der Waals surface area contributed by atoms with Gasteiger partial charge in [-0.25, -0.2) is 4.98 Å². The smallest absolute Gasteiger partial charge is 0.165 e. The lowest BCUT2D eigenvalue weighted by atomic mass is 9.67. The van der Waals surface area contributed by atoms with Crippen molar-refractivity contribution in [2.75, 3.05) is 17.6 Å². The normalized spacial score (nSPS) is 16.9. The molecule has 0 saturated heterocycles. The third-order valence-electron chi connectivity index (χ3n) is 3.84. The highest BCUT2D eigenvalue weighted by Crippen LogP contribution is 2.43. The summed E-state index contributed by atoms with van der Waals surface area (Å²) in [6, 6.07) is 5.56. The standard InChI is InChI=1S/C13H18N4/c1-2-13(6-3-7-13)9-16-12-5-4-10(15)11(8-14)17-12/h4-5H,2-3,6-7,9,15H2,1H3,(H,16,17). The Morgan fingerprint density at radius 1 is 1.53 bits per heavy atom. The molecule has 1 aromatic rings. The molecule has 2 rings (SSSR count). The maximum absolute atomic E-state index is 8.85. The van der Waals surface area contributed by atoms with Crippen molar-refractivity contribution in [3.05, 3.63) is 17.8 Å². The Balaban J connectivity index is 2.02. The van der Waals surface area contributed by atoms with E-state index in [1.165, 1.54) is 25.7 Å². The van der Waals surface area contributed by atoms with Crippen molar-refractivity contribution in [2.45, 2.75) is 32.6 Å². The van der Waals surface area contributed by atoms with Crippen LogP contribution in [0.5, 0.6) is 0 Å². The number of aromatic nitrogens is 1. The van der Waals surface area contributed by atoms with Gasteiger partial charge in [-0.05, 0) is 36.8 Å². The van der Waals surface area contributed by atoms with E-state index in [2.05, 4.69) is 17.2 Å². The first-order valence-corrected chi connectivity index (χ1v) is 6.10. The number of hydrogen-bond acceptors (Lipinski definition) is 4. The molecule has 4 nitrogen and oxygen atoms in total. The van der Waals surface area contributed by atoms with Crippen molar-refractivity contribution in [3.8, 4) is 6.07 Å². The van der Waals surface area contributed by atoms with Gasteiger partial charge in [0, 0.05) is 6.54 Å². The van der Waals surface area contributed by atoms with Crippen molar-refractivity contribution >= 4 is 11.5 Å². The number of nitrogen functional groups attached to an aromatic ring is 1. The molecular formula is C13H18N4. The Kier molecular flexibility index (Phi) is 3.19. The fraction of sp³-hybridized carbons (Fsp3) is 0.538. The molecule has 1 aliphatic rings. The van der Waals surface area contributed by atoms with Crippen molar-refractivity contribution in [3.63, 3.8) is 0 Å². The monoisotopic (exact) mass is 230 g/mol. The molecule has 90 valence electrons. The van der Waals surface area contributed by atoms with Gasteiger partial charge < -0.3 is 11.1 Å². The van der Waals surface area contributed by atoms with Gasteiger partial charge in [-0.1, -0.05) is 13.3 Å². The van der Waals surface area contributed by atoms with Crippen LogP contribution in [0.25, 0.3) is 0 Å². The van der Waals surface area contributed by atoms with Crippen LogP contribution in [0.15, 0.2) is 12.1 Å². The molecule has 0 bridgehead atoms. The van der Waals surface area contributed by atoms with Crippen molar-refractivity contribution in [2.24, 2.45) is 5.41 Å². The summed E-state index contributed by atoms with van der Waals surface area (Å²) < 4.78 is 0. The van der Waals surface area contributed by atoms with Crippen LogP contribution in [0.2, 0.25) is 0 Å². The zero-order chi connectivity index (χ0) is 12.3. The molecule has 0 aromatic carbocycles. The van der Waals surface area contributed by atoms with E-state index in [1.807, 2.05) is 12.1 Å². The number of nitrogens with zero attached hydrogens (tertiary/aromatic N) is 2. The van der Waals surface area contributed by atoms with Gasteiger partial charge in [0.15, 0.2) is 5.69 Å². The van der Waals surface area contributed by atoms with Crippen molar-refractivity contribution in [1.82, 2.24) is 4.98 Å². The number of nitrogens with one attached hydrogen (secondary N) is 1. The Hall–Kier alpha value is -1.76. The van der Waals surface area contributed by atoms with E-state index in [4.69, 9.17) is 11.0 Å². The Labute approximate surface area is 102 Å². The zero-order valence-corrected chi connectivity index (χ0v) is 10.2. The van der Waals surface area contributed by atoms with E-state index < -0.39 is 0 Å². The SMILES string of the molecule is CCC1(CNc2ccc(N)c(C#N)n2)CCC1. The lowest BCUT2D eigenvalue weighted by molar-refractivity contribution is 0.145. The molecule has 1 heterocycles. The zero-order valence-electron chi connectivity index (χ0n) is 10.2. The highest BCUT2D eigenvalue weighted by atomic mass is 15.0. The summed E-state index contributed by atoms with van der Waals surface area (Å²) >= 11 is 0. The fourth-order valence-electron chi connectivity index (χ4n) is 2.27. The van der Waals surface area contributed by atoms with Crippen LogP contribution in [0, 0.1) is 16.7 Å². The van der Waals surface area contributed by atoms with Gasteiger partial charge in [-0.15, -0.1) is 0 Å². The van der Waals surface area contributed by atoms with Crippen LogP contribution in [-0.2, 0) is 0 Å². The highest BCUT2D eigenvalue weighted by Gasteiger charge is 2.34. The molecule has 17 heavy (non-hydrogen) atoms. The molecule has 1 aromatic heterocycles. The van der Waals surface area contributed by atoms with Crippen molar-refractivity contribution < 1.29 is 0 Å². The van der Waals surface area contributed by atoms with Gasteiger partial charge >= 0.3 is 0 Å². The van der Waals surface area contributed by atoms with E-state index in [9.17, 15) is 0 Å². The van der Waals surface area contributed by atoms with Gasteiger partial charge in [0.2, 0.25) is 0 Å². The summed E-state index contributed by atoms with van der Waals surface area (Å²) in [5.74, 6) is 0.746. The second-order valence-electron chi connectivity index (χ2n) is 4.81. The molecule has 0 spiro atoms. The summed E-state index contributed by atoms with van der Waals surface area (Å²) in [6.07, 6.45) is 5.10. The largest absolute Gasteiger partial charge is 0.396 e. The number of nitrogens with two attached hydrogens (primary N) is 1. The van der Waals surface area contributed by atoms with Crippen LogP contribution in [0.4, 0.5) is 11.5 Å². The van der Waals surface area contributed by atoms with E-state index in [-0.39, 0.29) is 0 Å². The second-order valence-corrected chi connectivity index (χ2v) is 4.81. The van der Waals surface area contributed by atoms with Gasteiger partial charge in [0.05, 0.1) is 5.69 Å². The first-order chi connectivity index (χ1) is 8.19. The quantitative estimate of drug-likeness (QED) is 0.833. The summed E-state index contributed by atoms with van der Waals surface area (Å²) in [4.78, 5) is 4.19. The lowest BCUT2D eigenvalue weighted by Gasteiger charge is -2.41. The number of nitriles is 1. The minimum absolute atomic E-state index is 0.300. The van der Waals surface area contributed by atoms with Crippen LogP contribution in [-0.4, -0.2) is 11.5 Å². The minimum atomic E-state index is 0.300. The number of hydrogen-bond donors (Lipinski definition) is 2. The molecule has 1 saturated carbocycles. The summed E-state index contributed by atoms with van der Waals surface area (Å²) in [7, 11) is 0. The van der Waals surface area contributed by atoms with Crippen LogP contribution in [0.1, 0.15) is 38.3 Å². The first-order valence-electron chi connectivity index (χ1n) is 6.10. The fourth-order valence-corrected chi connectivity index (χ4v) is 2.27. The highest BCUT2D eigenvalue weighted by molar-refractivity contribution is 5.54. The first kappa shape index (κ1) is 11.7. The molecule has 1 fully saturated rings. The summed E-state index contributed by atoms with van der Waals surface area (Å²) in [6.45, 7) is 3.17. The predicted molar refractivity (Wildman–Crippen MR) is 68.4 cm³/mol. The number of anilines is 2. The average Bonchev–Trinajstić information content (AvgIpc) is 2.30. The third kappa shape index (κ3) is 2.33. The number of pyridine rings is 1. The Bertz CT molecular complexity index is 438. The van der Waals surface area contributed by atoms with Gasteiger partial charge in [-0.2, -0.15) is 5.26 Å². The van der Waals surface area contributed by atoms with Gasteiger partial charge in [0.25, 0.3) is 0 Å². The maximum atomic E-state index is 8.85. The van der Waals surface area contributed by atoms with E-state index in [0.29, 0.717) is 16.8 Å². The third-order valence-corrected chi connectivity index (χ3v) is 3.84.